The Morgan fingerprint density at radius 3 is 2.74 bits per heavy atom. The molecule has 47 heavy (non-hydrogen) atoms. The lowest BCUT2D eigenvalue weighted by atomic mass is 9.83. The number of fused-ring (bicyclic) bond motifs is 2. The van der Waals surface area contributed by atoms with E-state index in [1.54, 1.807) is 19.1 Å². The number of para-hydroxylation sites is 1. The summed E-state index contributed by atoms with van der Waals surface area (Å²) in [6.07, 6.45) is 2.11. The number of ether oxygens (including phenoxy) is 4. The molecule has 0 spiro atoms. The van der Waals surface area contributed by atoms with E-state index in [4.69, 9.17) is 23.9 Å². The van der Waals surface area contributed by atoms with E-state index < -0.39 is 0 Å². The summed E-state index contributed by atoms with van der Waals surface area (Å²) in [5, 5.41) is 4.73. The summed E-state index contributed by atoms with van der Waals surface area (Å²) in [5.41, 5.74) is 5.24. The van der Waals surface area contributed by atoms with Crippen LogP contribution in [0.3, 0.4) is 0 Å². The Bertz CT molecular complexity index is 1630. The summed E-state index contributed by atoms with van der Waals surface area (Å²) >= 11 is 0. The lowest BCUT2D eigenvalue weighted by Crippen LogP contribution is -2.48. The molecule has 9 heteroatoms. The van der Waals surface area contributed by atoms with Gasteiger partial charge in [0, 0.05) is 57.6 Å². The zero-order chi connectivity index (χ0) is 32.6. The van der Waals surface area contributed by atoms with Gasteiger partial charge in [0.1, 0.15) is 18.1 Å². The van der Waals surface area contributed by atoms with Crippen molar-refractivity contribution in [3.8, 4) is 11.5 Å². The van der Waals surface area contributed by atoms with Gasteiger partial charge < -0.3 is 34.1 Å². The molecule has 9 nitrogen and oxygen atoms in total. The summed E-state index contributed by atoms with van der Waals surface area (Å²) in [4.78, 5) is 22.3. The molecule has 1 saturated heterocycles. The first-order chi connectivity index (χ1) is 23.0. The van der Waals surface area contributed by atoms with E-state index in [9.17, 15) is 4.79 Å². The molecule has 0 aliphatic carbocycles. The van der Waals surface area contributed by atoms with E-state index in [1.807, 2.05) is 49.5 Å². The predicted molar refractivity (Wildman–Crippen MR) is 184 cm³/mol. The number of carbonyl (C=O) groups is 1. The van der Waals surface area contributed by atoms with Crippen molar-refractivity contribution in [3.05, 3.63) is 95.7 Å². The molecule has 3 heterocycles. The molecular formula is C38H46N4O5. The molecule has 3 atom stereocenters. The van der Waals surface area contributed by atoms with E-state index in [1.165, 1.54) is 5.56 Å². The van der Waals surface area contributed by atoms with Gasteiger partial charge in [-0.25, -0.2) is 0 Å². The maximum absolute atomic E-state index is 13.4. The fourth-order valence-corrected chi connectivity index (χ4v) is 6.64. The first-order valence-electron chi connectivity index (χ1n) is 16.6. The van der Waals surface area contributed by atoms with Crippen molar-refractivity contribution in [2.45, 2.75) is 50.5 Å². The first kappa shape index (κ1) is 32.7. The molecule has 248 valence electrons. The van der Waals surface area contributed by atoms with E-state index in [0.717, 1.165) is 71.9 Å². The molecule has 3 aromatic carbocycles. The van der Waals surface area contributed by atoms with Gasteiger partial charge in [-0.05, 0) is 60.4 Å². The van der Waals surface area contributed by atoms with Crippen LogP contribution >= 0.6 is 0 Å². The van der Waals surface area contributed by atoms with Crippen molar-refractivity contribution < 1.29 is 23.7 Å². The van der Waals surface area contributed by atoms with Gasteiger partial charge in [-0.2, -0.15) is 0 Å². The van der Waals surface area contributed by atoms with Crippen LogP contribution in [-0.4, -0.2) is 82.1 Å². The van der Waals surface area contributed by atoms with E-state index in [-0.39, 0.29) is 24.0 Å². The summed E-state index contributed by atoms with van der Waals surface area (Å²) in [7, 11) is 5.28. The third-order valence-corrected chi connectivity index (χ3v) is 9.26. The maximum Gasteiger partial charge on any atom is 0.224 e. The Morgan fingerprint density at radius 2 is 1.91 bits per heavy atom. The third kappa shape index (κ3) is 8.22. The van der Waals surface area contributed by atoms with Crippen LogP contribution in [0.4, 0.5) is 5.69 Å². The van der Waals surface area contributed by atoms with Gasteiger partial charge in [0.15, 0.2) is 0 Å². The largest absolute Gasteiger partial charge is 0.497 e. The van der Waals surface area contributed by atoms with Crippen LogP contribution in [0.25, 0.3) is 10.9 Å². The van der Waals surface area contributed by atoms with Crippen molar-refractivity contribution in [2.24, 2.45) is 0 Å². The highest BCUT2D eigenvalue weighted by molar-refractivity contribution is 5.79. The Hall–Kier alpha value is -4.18. The quantitative estimate of drug-likeness (QED) is 0.191. The number of hydrogen-bond donors (Lipinski definition) is 1. The van der Waals surface area contributed by atoms with Crippen LogP contribution in [0.5, 0.6) is 11.5 Å². The zero-order valence-electron chi connectivity index (χ0n) is 27.7. The smallest absolute Gasteiger partial charge is 0.224 e. The fourth-order valence-electron chi connectivity index (χ4n) is 6.64. The fraction of sp³-hybridized carbons (Fsp3) is 0.421. The normalized spacial score (nSPS) is 19.2. The number of methoxy groups -OCH3 is 2. The van der Waals surface area contributed by atoms with E-state index in [2.05, 4.69) is 46.6 Å². The van der Waals surface area contributed by atoms with Crippen LogP contribution in [0.15, 0.2) is 78.9 Å². The summed E-state index contributed by atoms with van der Waals surface area (Å²) < 4.78 is 23.3. The first-order valence-corrected chi connectivity index (χ1v) is 16.6. The van der Waals surface area contributed by atoms with Crippen LogP contribution in [0.1, 0.15) is 42.0 Å². The Balaban J connectivity index is 1.11. The minimum absolute atomic E-state index is 0.0306. The third-order valence-electron chi connectivity index (χ3n) is 9.26. The number of benzene rings is 3. The van der Waals surface area contributed by atoms with Crippen molar-refractivity contribution in [1.29, 1.82) is 0 Å². The number of hydrogen-bond acceptors (Lipinski definition) is 8. The average Bonchev–Trinajstić information content (AvgIpc) is 3.11. The standard InChI is InChI=1S/C38H46N4O5/c1-41(25-30-13-10-29-7-4-5-8-34(29)40-30)38(43)23-31-22-33(28-11-14-32(45-3)15-12-28)37(24-39-31)47-26-27-9-16-36-35(21-27)42(18-20-46-36)17-6-19-44-2/h4-5,7-16,21,31,33,37,39H,6,17-20,22-26H2,1-3H3/t31-,33+,37-/m0/s1. The van der Waals surface area contributed by atoms with Gasteiger partial charge in [0.25, 0.3) is 0 Å². The van der Waals surface area contributed by atoms with Gasteiger partial charge in [-0.15, -0.1) is 0 Å². The van der Waals surface area contributed by atoms with Crippen molar-refractivity contribution in [1.82, 2.24) is 15.2 Å². The number of nitrogens with zero attached hydrogens (tertiary/aromatic N) is 3. The zero-order valence-corrected chi connectivity index (χ0v) is 27.7. The van der Waals surface area contributed by atoms with Crippen LogP contribution in [0, 0.1) is 0 Å². The molecule has 1 amide bonds. The van der Waals surface area contributed by atoms with Crippen LogP contribution in [-0.2, 0) is 27.4 Å². The highest BCUT2D eigenvalue weighted by Gasteiger charge is 2.34. The number of carbonyl (C=O) groups excluding carboxylic acids is 1. The summed E-state index contributed by atoms with van der Waals surface area (Å²) in [6, 6.07) is 26.7. The molecule has 1 fully saturated rings. The van der Waals surface area contributed by atoms with E-state index in [0.29, 0.717) is 32.7 Å². The Labute approximate surface area is 277 Å². The molecule has 4 aromatic rings. The van der Waals surface area contributed by atoms with Crippen molar-refractivity contribution >= 4 is 22.5 Å². The number of rotatable bonds is 13. The second-order valence-electron chi connectivity index (χ2n) is 12.5. The Morgan fingerprint density at radius 1 is 1.06 bits per heavy atom. The topological polar surface area (TPSA) is 85.4 Å². The lowest BCUT2D eigenvalue weighted by molar-refractivity contribution is -0.131. The SMILES string of the molecule is COCCCN1CCOc2ccc(CO[C@H]3CN[C@H](CC(=O)N(C)Cc4ccc5ccccc5n4)C[C@@H]3c3ccc(OC)cc3)cc21. The summed E-state index contributed by atoms with van der Waals surface area (Å²) in [5.74, 6) is 1.96. The van der Waals surface area contributed by atoms with Gasteiger partial charge in [-0.1, -0.05) is 42.5 Å². The van der Waals surface area contributed by atoms with Crippen molar-refractivity contribution in [3.63, 3.8) is 0 Å². The molecule has 2 aliphatic heterocycles. The minimum Gasteiger partial charge on any atom is -0.497 e. The molecule has 2 aliphatic rings. The van der Waals surface area contributed by atoms with Crippen LogP contribution in [0.2, 0.25) is 0 Å². The number of amides is 1. The monoisotopic (exact) mass is 638 g/mol. The highest BCUT2D eigenvalue weighted by Crippen LogP contribution is 2.35. The second-order valence-corrected chi connectivity index (χ2v) is 12.5. The minimum atomic E-state index is -0.0561. The number of piperidine rings is 1. The predicted octanol–water partition coefficient (Wildman–Crippen LogP) is 5.56. The molecule has 1 N–H and O–H groups in total. The van der Waals surface area contributed by atoms with Crippen molar-refractivity contribution in [2.75, 3.05) is 59.0 Å². The number of anilines is 1. The van der Waals surface area contributed by atoms with Crippen LogP contribution < -0.4 is 19.7 Å². The molecule has 0 unspecified atom stereocenters. The molecular weight excluding hydrogens is 592 g/mol. The van der Waals surface area contributed by atoms with Gasteiger partial charge >= 0.3 is 0 Å². The average molecular weight is 639 g/mol. The van der Waals surface area contributed by atoms with Gasteiger partial charge in [0.05, 0.1) is 49.8 Å². The van der Waals surface area contributed by atoms with Gasteiger partial charge in [-0.3, -0.25) is 9.78 Å². The molecule has 0 radical (unpaired) electrons. The number of pyridine rings is 1. The maximum atomic E-state index is 13.4. The molecule has 6 rings (SSSR count). The lowest BCUT2D eigenvalue weighted by Gasteiger charge is -2.38. The highest BCUT2D eigenvalue weighted by atomic mass is 16.5. The molecule has 1 aromatic heterocycles. The number of aromatic nitrogens is 1. The molecule has 0 saturated carbocycles. The summed E-state index contributed by atoms with van der Waals surface area (Å²) in [6.45, 7) is 4.83. The molecule has 0 bridgehead atoms. The second kappa shape index (κ2) is 15.6. The number of nitrogens with one attached hydrogen (secondary N) is 1. The Kier molecular flexibility index (Phi) is 10.9. The van der Waals surface area contributed by atoms with E-state index >= 15 is 0 Å². The van der Waals surface area contributed by atoms with Gasteiger partial charge in [0.2, 0.25) is 5.91 Å².